The van der Waals surface area contributed by atoms with E-state index in [0.29, 0.717) is 5.92 Å². The fourth-order valence-electron chi connectivity index (χ4n) is 2.01. The van der Waals surface area contributed by atoms with Crippen molar-refractivity contribution in [3.8, 4) is 0 Å². The number of hydrogen-bond donors (Lipinski definition) is 2. The van der Waals surface area contributed by atoms with Crippen LogP contribution in [0.1, 0.15) is 23.5 Å². The van der Waals surface area contributed by atoms with Gasteiger partial charge in [0.2, 0.25) is 0 Å². The van der Waals surface area contributed by atoms with Crippen LogP contribution in [0.3, 0.4) is 0 Å². The normalized spacial score (nSPS) is 21.4. The lowest BCUT2D eigenvalue weighted by molar-refractivity contribution is 0.280. The van der Waals surface area contributed by atoms with Gasteiger partial charge in [-0.3, -0.25) is 0 Å². The van der Waals surface area contributed by atoms with Gasteiger partial charge >= 0.3 is 0 Å². The number of aliphatic hydroxyl groups excluding tert-OH is 1. The van der Waals surface area contributed by atoms with E-state index < -0.39 is 0 Å². The Labute approximate surface area is 88.9 Å². The summed E-state index contributed by atoms with van der Waals surface area (Å²) in [7, 11) is 0. The number of aliphatic hydroxyl groups is 1. The summed E-state index contributed by atoms with van der Waals surface area (Å²) in [6.07, 6.45) is 1.13. The van der Waals surface area contributed by atoms with Crippen molar-refractivity contribution in [1.29, 1.82) is 0 Å². The monoisotopic (exact) mass is 211 g/mol. The lowest BCUT2D eigenvalue weighted by atomic mass is 9.94. The lowest BCUT2D eigenvalue weighted by Gasteiger charge is -2.13. The predicted octanol–water partition coefficient (Wildman–Crippen LogP) is 1.91. The minimum Gasteiger partial charge on any atom is -0.392 e. The summed E-state index contributed by atoms with van der Waals surface area (Å²) in [5, 5.41) is 13.3. The molecular weight excluding hydrogens is 198 g/mol. The molecule has 1 aromatic carbocycles. The van der Waals surface area contributed by atoms with Crippen LogP contribution in [-0.2, 0) is 6.61 Å². The molecular formula is C11H14ClNO. The first-order valence-electron chi connectivity index (χ1n) is 4.91. The van der Waals surface area contributed by atoms with E-state index in [0.717, 1.165) is 30.1 Å². The van der Waals surface area contributed by atoms with E-state index in [-0.39, 0.29) is 6.61 Å². The topological polar surface area (TPSA) is 32.3 Å². The molecule has 1 unspecified atom stereocenters. The molecule has 1 fully saturated rings. The van der Waals surface area contributed by atoms with Crippen LogP contribution in [0.5, 0.6) is 0 Å². The van der Waals surface area contributed by atoms with Crippen LogP contribution in [0.4, 0.5) is 0 Å². The van der Waals surface area contributed by atoms with Crippen molar-refractivity contribution in [2.24, 2.45) is 0 Å². The summed E-state index contributed by atoms with van der Waals surface area (Å²) in [6, 6.07) is 5.72. The van der Waals surface area contributed by atoms with Crippen LogP contribution < -0.4 is 5.32 Å². The zero-order valence-electron chi connectivity index (χ0n) is 7.96. The standard InChI is InChI=1S/C11H14ClNO/c12-10-2-1-9(7-14)11(5-10)8-3-4-13-6-8/h1-2,5,8,13-14H,3-4,6-7H2. The number of rotatable bonds is 2. The lowest BCUT2D eigenvalue weighted by Crippen LogP contribution is -2.09. The van der Waals surface area contributed by atoms with Gasteiger partial charge in [0, 0.05) is 11.6 Å². The van der Waals surface area contributed by atoms with Crippen molar-refractivity contribution >= 4 is 11.6 Å². The fraction of sp³-hybridized carbons (Fsp3) is 0.455. The number of hydrogen-bond acceptors (Lipinski definition) is 2. The van der Waals surface area contributed by atoms with Gasteiger partial charge in [0.15, 0.2) is 0 Å². The van der Waals surface area contributed by atoms with Crippen LogP contribution in [0, 0.1) is 0 Å². The minimum absolute atomic E-state index is 0.100. The minimum atomic E-state index is 0.100. The first kappa shape index (κ1) is 9.97. The first-order chi connectivity index (χ1) is 6.81. The van der Waals surface area contributed by atoms with E-state index >= 15 is 0 Å². The molecule has 1 aliphatic heterocycles. The van der Waals surface area contributed by atoms with E-state index in [1.165, 1.54) is 5.56 Å². The SMILES string of the molecule is OCc1ccc(Cl)cc1C1CCNC1. The molecule has 2 nitrogen and oxygen atoms in total. The van der Waals surface area contributed by atoms with E-state index in [1.807, 2.05) is 18.2 Å². The van der Waals surface area contributed by atoms with Crippen LogP contribution >= 0.6 is 11.6 Å². The smallest absolute Gasteiger partial charge is 0.0684 e. The summed E-state index contributed by atoms with van der Waals surface area (Å²) < 4.78 is 0. The molecule has 0 amide bonds. The van der Waals surface area contributed by atoms with Crippen molar-refractivity contribution in [1.82, 2.24) is 5.32 Å². The highest BCUT2D eigenvalue weighted by molar-refractivity contribution is 6.30. The maximum Gasteiger partial charge on any atom is 0.0684 e. The predicted molar refractivity (Wildman–Crippen MR) is 57.6 cm³/mol. The van der Waals surface area contributed by atoms with E-state index in [2.05, 4.69) is 5.32 Å². The van der Waals surface area contributed by atoms with Crippen molar-refractivity contribution in [2.75, 3.05) is 13.1 Å². The molecule has 76 valence electrons. The molecule has 2 rings (SSSR count). The Balaban J connectivity index is 2.33. The Morgan fingerprint density at radius 2 is 2.36 bits per heavy atom. The van der Waals surface area contributed by atoms with Crippen LogP contribution in [-0.4, -0.2) is 18.2 Å². The Kier molecular flexibility index (Phi) is 3.06. The summed E-state index contributed by atoms with van der Waals surface area (Å²) >= 11 is 5.95. The van der Waals surface area contributed by atoms with Gasteiger partial charge in [-0.25, -0.2) is 0 Å². The zero-order valence-corrected chi connectivity index (χ0v) is 8.72. The molecule has 1 saturated heterocycles. The Bertz CT molecular complexity index is 321. The van der Waals surface area contributed by atoms with Gasteiger partial charge in [-0.05, 0) is 42.1 Å². The van der Waals surface area contributed by atoms with Crippen molar-refractivity contribution in [2.45, 2.75) is 18.9 Å². The van der Waals surface area contributed by atoms with Gasteiger partial charge in [-0.2, -0.15) is 0 Å². The van der Waals surface area contributed by atoms with Crippen molar-refractivity contribution < 1.29 is 5.11 Å². The molecule has 3 heteroatoms. The summed E-state index contributed by atoms with van der Waals surface area (Å²) in [5.41, 5.74) is 2.20. The third kappa shape index (κ3) is 1.92. The van der Waals surface area contributed by atoms with E-state index in [9.17, 15) is 5.11 Å². The molecule has 0 aromatic heterocycles. The summed E-state index contributed by atoms with van der Waals surface area (Å²) in [5.74, 6) is 0.510. The summed E-state index contributed by atoms with van der Waals surface area (Å²) in [4.78, 5) is 0. The van der Waals surface area contributed by atoms with Gasteiger partial charge in [-0.1, -0.05) is 17.7 Å². The van der Waals surface area contributed by atoms with Crippen molar-refractivity contribution in [3.05, 3.63) is 34.3 Å². The van der Waals surface area contributed by atoms with Crippen LogP contribution in [0.25, 0.3) is 0 Å². The third-order valence-corrected chi connectivity index (χ3v) is 3.01. The average molecular weight is 212 g/mol. The van der Waals surface area contributed by atoms with Gasteiger partial charge in [0.05, 0.1) is 6.61 Å². The second-order valence-electron chi connectivity index (χ2n) is 3.69. The molecule has 0 aliphatic carbocycles. The van der Waals surface area contributed by atoms with Crippen LogP contribution in [0.2, 0.25) is 5.02 Å². The molecule has 0 saturated carbocycles. The zero-order chi connectivity index (χ0) is 9.97. The molecule has 1 aromatic rings. The van der Waals surface area contributed by atoms with E-state index in [1.54, 1.807) is 0 Å². The van der Waals surface area contributed by atoms with Gasteiger partial charge < -0.3 is 10.4 Å². The largest absolute Gasteiger partial charge is 0.392 e. The second kappa shape index (κ2) is 4.30. The molecule has 1 atom stereocenters. The van der Waals surface area contributed by atoms with E-state index in [4.69, 9.17) is 11.6 Å². The molecule has 1 aliphatic rings. The maximum atomic E-state index is 9.21. The molecule has 0 spiro atoms. The number of halogens is 1. The second-order valence-corrected chi connectivity index (χ2v) is 4.13. The Morgan fingerprint density at radius 1 is 1.50 bits per heavy atom. The average Bonchev–Trinajstić information content (AvgIpc) is 2.70. The third-order valence-electron chi connectivity index (χ3n) is 2.78. The summed E-state index contributed by atoms with van der Waals surface area (Å²) in [6.45, 7) is 2.15. The van der Waals surface area contributed by atoms with Crippen LogP contribution in [0.15, 0.2) is 18.2 Å². The highest BCUT2D eigenvalue weighted by Crippen LogP contribution is 2.28. The van der Waals surface area contributed by atoms with Gasteiger partial charge in [0.1, 0.15) is 0 Å². The van der Waals surface area contributed by atoms with Crippen molar-refractivity contribution in [3.63, 3.8) is 0 Å². The fourth-order valence-corrected chi connectivity index (χ4v) is 2.19. The Hall–Kier alpha value is -0.570. The van der Waals surface area contributed by atoms with Gasteiger partial charge in [0.25, 0.3) is 0 Å². The molecule has 2 N–H and O–H groups in total. The number of nitrogens with one attached hydrogen (secondary N) is 1. The Morgan fingerprint density at radius 3 is 3.00 bits per heavy atom. The maximum absolute atomic E-state index is 9.21. The highest BCUT2D eigenvalue weighted by Gasteiger charge is 2.19. The molecule has 14 heavy (non-hydrogen) atoms. The van der Waals surface area contributed by atoms with Gasteiger partial charge in [-0.15, -0.1) is 0 Å². The molecule has 0 bridgehead atoms. The first-order valence-corrected chi connectivity index (χ1v) is 5.29. The quantitative estimate of drug-likeness (QED) is 0.784. The highest BCUT2D eigenvalue weighted by atomic mass is 35.5. The molecule has 0 radical (unpaired) electrons. The number of benzene rings is 1. The molecule has 1 heterocycles.